The lowest BCUT2D eigenvalue weighted by Crippen LogP contribution is -2.48. The lowest BCUT2D eigenvalue weighted by Gasteiger charge is -2.26. The van der Waals surface area contributed by atoms with Gasteiger partial charge in [0.05, 0.1) is 29.5 Å². The third-order valence-electron chi connectivity index (χ3n) is 3.92. The number of hydrogen-bond acceptors (Lipinski definition) is 4. The molecule has 0 radical (unpaired) electrons. The van der Waals surface area contributed by atoms with Crippen molar-refractivity contribution in [3.8, 4) is 0 Å². The van der Waals surface area contributed by atoms with Gasteiger partial charge in [0.25, 0.3) is 0 Å². The van der Waals surface area contributed by atoms with Crippen molar-refractivity contribution in [1.29, 1.82) is 0 Å². The van der Waals surface area contributed by atoms with Crippen molar-refractivity contribution in [2.45, 2.75) is 31.3 Å². The molecule has 0 spiro atoms. The monoisotopic (exact) mass is 373 g/mol. The SMILES string of the molecule is CC1(NC(=O)CC(NC(N)=O)c2ccc(Cl)cc2)CCS(=O)(=O)C1. The minimum absolute atomic E-state index is 0.0553. The fourth-order valence-electron chi connectivity index (χ4n) is 2.80. The van der Waals surface area contributed by atoms with Crippen LogP contribution < -0.4 is 16.4 Å². The summed E-state index contributed by atoms with van der Waals surface area (Å²) in [6.45, 7) is 1.70. The van der Waals surface area contributed by atoms with Gasteiger partial charge in [0.2, 0.25) is 5.91 Å². The summed E-state index contributed by atoms with van der Waals surface area (Å²) in [7, 11) is -3.12. The van der Waals surface area contributed by atoms with Gasteiger partial charge in [0.1, 0.15) is 0 Å². The number of nitrogens with one attached hydrogen (secondary N) is 2. The highest BCUT2D eigenvalue weighted by atomic mass is 35.5. The number of carbonyl (C=O) groups is 2. The third-order valence-corrected chi connectivity index (χ3v) is 6.08. The van der Waals surface area contributed by atoms with Gasteiger partial charge in [-0.15, -0.1) is 0 Å². The minimum Gasteiger partial charge on any atom is -0.352 e. The van der Waals surface area contributed by atoms with Crippen LogP contribution >= 0.6 is 11.6 Å². The highest BCUT2D eigenvalue weighted by Crippen LogP contribution is 2.24. The first-order chi connectivity index (χ1) is 11.1. The molecule has 2 atom stereocenters. The maximum atomic E-state index is 12.3. The number of carbonyl (C=O) groups excluding carboxylic acids is 2. The molecule has 3 amide bonds. The molecule has 1 aliphatic rings. The van der Waals surface area contributed by atoms with Gasteiger partial charge >= 0.3 is 6.03 Å². The van der Waals surface area contributed by atoms with Crippen LogP contribution in [0.1, 0.15) is 31.4 Å². The summed E-state index contributed by atoms with van der Waals surface area (Å²) in [5.41, 5.74) is 5.07. The van der Waals surface area contributed by atoms with Gasteiger partial charge in [-0.05, 0) is 31.0 Å². The Morgan fingerprint density at radius 2 is 1.96 bits per heavy atom. The number of nitrogens with two attached hydrogens (primary N) is 1. The lowest BCUT2D eigenvalue weighted by molar-refractivity contribution is -0.123. The maximum absolute atomic E-state index is 12.3. The Bertz CT molecular complexity index is 736. The second-order valence-electron chi connectivity index (χ2n) is 6.27. The van der Waals surface area contributed by atoms with E-state index in [4.69, 9.17) is 17.3 Å². The number of rotatable bonds is 5. The summed E-state index contributed by atoms with van der Waals surface area (Å²) < 4.78 is 23.2. The Morgan fingerprint density at radius 3 is 2.46 bits per heavy atom. The quantitative estimate of drug-likeness (QED) is 0.716. The summed E-state index contributed by atoms with van der Waals surface area (Å²) in [4.78, 5) is 23.5. The van der Waals surface area contributed by atoms with Gasteiger partial charge in [-0.25, -0.2) is 13.2 Å². The molecule has 1 aromatic rings. The molecular weight excluding hydrogens is 354 g/mol. The molecule has 132 valence electrons. The number of halogens is 1. The van der Waals surface area contributed by atoms with E-state index >= 15 is 0 Å². The van der Waals surface area contributed by atoms with Crippen molar-refractivity contribution in [3.63, 3.8) is 0 Å². The molecule has 0 aromatic heterocycles. The maximum Gasteiger partial charge on any atom is 0.312 e. The average molecular weight is 374 g/mol. The van der Waals surface area contributed by atoms with Crippen molar-refractivity contribution in [2.24, 2.45) is 5.73 Å². The second kappa shape index (κ2) is 6.98. The molecule has 0 bridgehead atoms. The first-order valence-electron chi connectivity index (χ1n) is 7.41. The van der Waals surface area contributed by atoms with Gasteiger partial charge in [-0.3, -0.25) is 4.79 Å². The van der Waals surface area contributed by atoms with E-state index in [1.54, 1.807) is 31.2 Å². The van der Waals surface area contributed by atoms with Crippen molar-refractivity contribution in [1.82, 2.24) is 10.6 Å². The number of benzene rings is 1. The Morgan fingerprint density at radius 1 is 1.33 bits per heavy atom. The molecule has 7 nitrogen and oxygen atoms in total. The van der Waals surface area contributed by atoms with E-state index in [2.05, 4.69) is 10.6 Å². The number of sulfone groups is 1. The summed E-state index contributed by atoms with van der Waals surface area (Å²) in [5, 5.41) is 5.81. The number of hydrogen-bond donors (Lipinski definition) is 3. The number of urea groups is 1. The van der Waals surface area contributed by atoms with Gasteiger partial charge < -0.3 is 16.4 Å². The van der Waals surface area contributed by atoms with Crippen LogP contribution in [0, 0.1) is 0 Å². The van der Waals surface area contributed by atoms with Crippen LogP contribution in [0.15, 0.2) is 24.3 Å². The van der Waals surface area contributed by atoms with Crippen LogP contribution in [0.2, 0.25) is 5.02 Å². The fourth-order valence-corrected chi connectivity index (χ4v) is 5.02. The van der Waals surface area contributed by atoms with Gasteiger partial charge in [-0.2, -0.15) is 0 Å². The highest BCUT2D eigenvalue weighted by Gasteiger charge is 2.39. The summed E-state index contributed by atoms with van der Waals surface area (Å²) in [5.74, 6) is -0.381. The predicted molar refractivity (Wildman–Crippen MR) is 91.3 cm³/mol. The molecule has 2 unspecified atom stereocenters. The zero-order valence-corrected chi connectivity index (χ0v) is 14.8. The summed E-state index contributed by atoms with van der Waals surface area (Å²) >= 11 is 5.84. The van der Waals surface area contributed by atoms with Crippen molar-refractivity contribution >= 4 is 33.4 Å². The first kappa shape index (κ1) is 18.5. The Kier molecular flexibility index (Phi) is 5.39. The molecule has 9 heteroatoms. The zero-order chi connectivity index (χ0) is 18.0. The largest absolute Gasteiger partial charge is 0.352 e. The van der Waals surface area contributed by atoms with Crippen molar-refractivity contribution in [2.75, 3.05) is 11.5 Å². The topological polar surface area (TPSA) is 118 Å². The van der Waals surface area contributed by atoms with Crippen molar-refractivity contribution in [3.05, 3.63) is 34.9 Å². The van der Waals surface area contributed by atoms with E-state index in [1.165, 1.54) is 0 Å². The van der Waals surface area contributed by atoms with E-state index in [9.17, 15) is 18.0 Å². The molecule has 1 aromatic carbocycles. The molecule has 24 heavy (non-hydrogen) atoms. The minimum atomic E-state index is -3.12. The molecule has 1 saturated heterocycles. The molecular formula is C15H20ClN3O4S. The Labute approximate surface area is 145 Å². The molecule has 1 aliphatic heterocycles. The molecule has 1 fully saturated rings. The van der Waals surface area contributed by atoms with Gasteiger partial charge in [0.15, 0.2) is 9.84 Å². The molecule has 0 saturated carbocycles. The predicted octanol–water partition coefficient (Wildman–Crippen LogP) is 1.13. The van der Waals surface area contributed by atoms with Crippen LogP contribution in [0.3, 0.4) is 0 Å². The number of primary amides is 1. The van der Waals surface area contributed by atoms with Gasteiger partial charge in [0, 0.05) is 5.02 Å². The molecule has 2 rings (SSSR count). The van der Waals surface area contributed by atoms with E-state index in [-0.39, 0.29) is 23.8 Å². The Balaban J connectivity index is 2.07. The normalized spacial score (nSPS) is 23.4. The standard InChI is InChI=1S/C15H20ClN3O4S/c1-15(6-7-24(22,23)9-15)19-13(20)8-12(18-14(17)21)10-2-4-11(16)5-3-10/h2-5,12H,6-9H2,1H3,(H,19,20)(H3,17,18,21). The fraction of sp³-hybridized carbons (Fsp3) is 0.467. The molecule has 1 heterocycles. The smallest absolute Gasteiger partial charge is 0.312 e. The summed E-state index contributed by atoms with van der Waals surface area (Å²) in [6, 6.07) is 5.30. The number of amides is 3. The second-order valence-corrected chi connectivity index (χ2v) is 8.89. The highest BCUT2D eigenvalue weighted by molar-refractivity contribution is 7.91. The van der Waals surface area contributed by atoms with E-state index in [1.807, 2.05) is 0 Å². The van der Waals surface area contributed by atoms with Crippen LogP contribution in [-0.2, 0) is 14.6 Å². The van der Waals surface area contributed by atoms with Crippen LogP contribution in [0.4, 0.5) is 4.79 Å². The zero-order valence-electron chi connectivity index (χ0n) is 13.2. The average Bonchev–Trinajstić information content (AvgIpc) is 2.71. The summed E-state index contributed by atoms with van der Waals surface area (Å²) in [6.07, 6.45) is 0.316. The lowest BCUT2D eigenvalue weighted by atomic mass is 9.99. The van der Waals surface area contributed by atoms with Crippen LogP contribution in [0.5, 0.6) is 0 Å². The van der Waals surface area contributed by atoms with E-state index in [0.29, 0.717) is 17.0 Å². The third kappa shape index (κ3) is 5.10. The molecule has 4 N–H and O–H groups in total. The van der Waals surface area contributed by atoms with Crippen molar-refractivity contribution < 1.29 is 18.0 Å². The van der Waals surface area contributed by atoms with Crippen LogP contribution in [-0.4, -0.2) is 37.4 Å². The first-order valence-corrected chi connectivity index (χ1v) is 9.61. The van der Waals surface area contributed by atoms with E-state index in [0.717, 1.165) is 0 Å². The van der Waals surface area contributed by atoms with Gasteiger partial charge in [-0.1, -0.05) is 23.7 Å². The van der Waals surface area contributed by atoms with E-state index < -0.39 is 27.4 Å². The van der Waals surface area contributed by atoms with Crippen LogP contribution in [0.25, 0.3) is 0 Å². The Hall–Kier alpha value is -1.80. The molecule has 0 aliphatic carbocycles.